The molecule has 0 aromatic carbocycles. The number of carbonyl (C=O) groups excluding carboxylic acids is 1. The molecule has 90 valence electrons. The van der Waals surface area contributed by atoms with Crippen LogP contribution in [0.1, 0.15) is 6.92 Å². The summed E-state index contributed by atoms with van der Waals surface area (Å²) in [5.74, 6) is -1.31. The fourth-order valence-corrected chi connectivity index (χ4v) is 0.456. The molecule has 0 bridgehead atoms. The summed E-state index contributed by atoms with van der Waals surface area (Å²) in [4.78, 5) is 19.9. The van der Waals surface area contributed by atoms with E-state index >= 15 is 0 Å². The summed E-state index contributed by atoms with van der Waals surface area (Å²) in [6, 6.07) is 0. The highest BCUT2D eigenvalue weighted by Gasteiger charge is 2.24. The van der Waals surface area contributed by atoms with Crippen LogP contribution < -0.4 is 5.73 Å². The van der Waals surface area contributed by atoms with Crippen molar-refractivity contribution >= 4 is 35.0 Å². The van der Waals surface area contributed by atoms with E-state index in [2.05, 4.69) is 12.3 Å². The molecule has 0 aromatic heterocycles. The van der Waals surface area contributed by atoms with Gasteiger partial charge >= 0.3 is 35.0 Å². The maximum Gasteiger partial charge on any atom is 0.333 e. The molecule has 0 radical (unpaired) electrons. The molecule has 6 nitrogen and oxygen atoms in total. The van der Waals surface area contributed by atoms with Gasteiger partial charge in [-0.3, -0.25) is 4.79 Å². The van der Waals surface area contributed by atoms with Crippen molar-refractivity contribution in [2.45, 2.75) is 13.0 Å². The number of hydrogen-bond donors (Lipinski definition) is 2. The first kappa shape index (κ1) is 17.8. The number of hydrogen-bond acceptors (Lipinski definition) is 5. The zero-order chi connectivity index (χ0) is 11.8. The fraction of sp³-hybridized carbons (Fsp3) is 0.556. The van der Waals surface area contributed by atoms with E-state index in [0.29, 0.717) is 18.8 Å². The molecule has 1 aliphatic rings. The van der Waals surface area contributed by atoms with Crippen LogP contribution in [0.3, 0.4) is 0 Å². The molecule has 1 fully saturated rings. The largest absolute Gasteiger partial charge is 0.480 e. The van der Waals surface area contributed by atoms with Gasteiger partial charge in [0, 0.05) is 5.57 Å². The molecule has 0 saturated carbocycles. The van der Waals surface area contributed by atoms with Gasteiger partial charge in [0.05, 0.1) is 13.2 Å². The molecular weight excluding hydrogens is 226 g/mol. The van der Waals surface area contributed by atoms with E-state index in [4.69, 9.17) is 14.6 Å². The molecule has 1 saturated heterocycles. The van der Waals surface area contributed by atoms with Gasteiger partial charge in [0.2, 0.25) is 0 Å². The van der Waals surface area contributed by atoms with Crippen molar-refractivity contribution in [3.05, 3.63) is 12.2 Å². The highest BCUT2D eigenvalue weighted by atomic mass is 24.3. The fourth-order valence-electron chi connectivity index (χ4n) is 0.456. The lowest BCUT2D eigenvalue weighted by Gasteiger charge is -1.99. The van der Waals surface area contributed by atoms with Crippen LogP contribution in [-0.2, 0) is 19.1 Å². The quantitative estimate of drug-likeness (QED) is 0.273. The van der Waals surface area contributed by atoms with Crippen LogP contribution in [0.2, 0.25) is 0 Å². The Kier molecular flexibility index (Phi) is 10.6. The van der Waals surface area contributed by atoms with Crippen molar-refractivity contribution in [3.8, 4) is 0 Å². The first-order valence-corrected chi connectivity index (χ1v) is 4.33. The van der Waals surface area contributed by atoms with Crippen LogP contribution in [0, 0.1) is 0 Å². The van der Waals surface area contributed by atoms with Gasteiger partial charge < -0.3 is 20.3 Å². The zero-order valence-electron chi connectivity index (χ0n) is 8.56. The van der Waals surface area contributed by atoms with E-state index in [0.717, 1.165) is 0 Å². The number of aliphatic carboxylic acids is 1. The number of carbonyl (C=O) groups is 2. The van der Waals surface area contributed by atoms with Gasteiger partial charge in [0.15, 0.2) is 0 Å². The van der Waals surface area contributed by atoms with Gasteiger partial charge in [-0.15, -0.1) is 0 Å². The highest BCUT2D eigenvalue weighted by molar-refractivity contribution is 5.86. The summed E-state index contributed by atoms with van der Waals surface area (Å²) in [5, 5.41) is 7.60. The molecule has 0 amide bonds. The van der Waals surface area contributed by atoms with Crippen LogP contribution >= 0.6 is 0 Å². The summed E-state index contributed by atoms with van der Waals surface area (Å²) >= 11 is 0. The third kappa shape index (κ3) is 11.4. The van der Waals surface area contributed by atoms with Crippen molar-refractivity contribution in [1.82, 2.24) is 0 Å². The molecule has 0 spiro atoms. The van der Waals surface area contributed by atoms with Gasteiger partial charge in [-0.2, -0.15) is 0 Å². The smallest absolute Gasteiger partial charge is 0.333 e. The summed E-state index contributed by atoms with van der Waals surface area (Å²) in [6.45, 7) is 5.86. The van der Waals surface area contributed by atoms with Crippen molar-refractivity contribution in [3.63, 3.8) is 0 Å². The predicted octanol–water partition coefficient (Wildman–Crippen LogP) is -1.38. The van der Waals surface area contributed by atoms with Crippen molar-refractivity contribution < 1.29 is 24.2 Å². The van der Waals surface area contributed by atoms with Gasteiger partial charge in [0.1, 0.15) is 12.7 Å². The molecule has 1 unspecified atom stereocenters. The summed E-state index contributed by atoms with van der Waals surface area (Å²) in [6.07, 6.45) is 0.142. The normalized spacial score (nSPS) is 16.0. The Morgan fingerprint density at radius 2 is 2.06 bits per heavy atom. The predicted molar refractivity (Wildman–Crippen MR) is 60.7 cm³/mol. The first-order chi connectivity index (χ1) is 6.97. The molecular formula is C9H17MgNO5. The average molecular weight is 244 g/mol. The monoisotopic (exact) mass is 243 g/mol. The van der Waals surface area contributed by atoms with E-state index < -0.39 is 5.97 Å². The van der Waals surface area contributed by atoms with E-state index in [1.54, 1.807) is 6.92 Å². The standard InChI is InChI=1S/C7H10O3.C2H5NO2.Mg.2H/c1-5(2)7(8)10-4-6-3-9-6;3-1-2(4)5;;;/h6H,1,3-4H2,2H3;1,3H2,(H,4,5);;;. The molecule has 1 aliphatic heterocycles. The first-order valence-electron chi connectivity index (χ1n) is 4.33. The van der Waals surface area contributed by atoms with E-state index in [9.17, 15) is 9.59 Å². The van der Waals surface area contributed by atoms with E-state index in [1.807, 2.05) is 0 Å². The second-order valence-electron chi connectivity index (χ2n) is 2.93. The second-order valence-corrected chi connectivity index (χ2v) is 2.93. The third-order valence-corrected chi connectivity index (χ3v) is 1.33. The van der Waals surface area contributed by atoms with Gasteiger partial charge in [-0.05, 0) is 6.92 Å². The SMILES string of the molecule is C=C(C)C(=O)OCC1CO1.NCC(=O)O.[MgH2]. The van der Waals surface area contributed by atoms with Crippen LogP contribution in [0.5, 0.6) is 0 Å². The van der Waals surface area contributed by atoms with Crippen LogP contribution in [-0.4, -0.2) is 66.0 Å². The summed E-state index contributed by atoms with van der Waals surface area (Å²) in [7, 11) is 0. The van der Waals surface area contributed by atoms with Crippen molar-refractivity contribution in [1.29, 1.82) is 0 Å². The van der Waals surface area contributed by atoms with Gasteiger partial charge in [0.25, 0.3) is 0 Å². The number of carboxylic acid groups (broad SMARTS) is 1. The average Bonchev–Trinajstić information content (AvgIpc) is 2.98. The number of nitrogens with two attached hydrogens (primary N) is 1. The Bertz CT molecular complexity index is 252. The minimum atomic E-state index is -0.968. The van der Waals surface area contributed by atoms with E-state index in [1.165, 1.54) is 0 Å². The molecule has 3 N–H and O–H groups in total. The lowest BCUT2D eigenvalue weighted by molar-refractivity contribution is -0.139. The number of epoxide rings is 1. The molecule has 16 heavy (non-hydrogen) atoms. The third-order valence-electron chi connectivity index (χ3n) is 1.33. The Morgan fingerprint density at radius 1 is 1.62 bits per heavy atom. The Labute approximate surface area is 110 Å². The van der Waals surface area contributed by atoms with Gasteiger partial charge in [-0.25, -0.2) is 4.79 Å². The van der Waals surface area contributed by atoms with Crippen molar-refractivity contribution in [2.75, 3.05) is 19.8 Å². The van der Waals surface area contributed by atoms with E-state index in [-0.39, 0.29) is 41.7 Å². The Hall–Kier alpha value is -0.634. The van der Waals surface area contributed by atoms with Crippen LogP contribution in [0.15, 0.2) is 12.2 Å². The number of rotatable bonds is 4. The number of esters is 1. The Morgan fingerprint density at radius 3 is 2.31 bits per heavy atom. The second kappa shape index (κ2) is 9.58. The lowest BCUT2D eigenvalue weighted by atomic mass is 10.4. The molecule has 1 rings (SSSR count). The van der Waals surface area contributed by atoms with Crippen LogP contribution in [0.4, 0.5) is 0 Å². The van der Waals surface area contributed by atoms with Crippen LogP contribution in [0.25, 0.3) is 0 Å². The maximum absolute atomic E-state index is 10.7. The minimum Gasteiger partial charge on any atom is -0.480 e. The lowest BCUT2D eigenvalue weighted by Crippen LogP contribution is -2.10. The molecule has 1 atom stereocenters. The zero-order valence-corrected chi connectivity index (χ0v) is 8.56. The molecule has 0 aliphatic carbocycles. The summed E-state index contributed by atoms with van der Waals surface area (Å²) in [5.41, 5.74) is 5.00. The molecule has 0 aromatic rings. The topological polar surface area (TPSA) is 102 Å². The number of ether oxygens (including phenoxy) is 2. The molecule has 7 heteroatoms. The summed E-state index contributed by atoms with van der Waals surface area (Å²) < 4.78 is 9.60. The maximum atomic E-state index is 10.7. The van der Waals surface area contributed by atoms with Gasteiger partial charge in [-0.1, -0.05) is 6.58 Å². The minimum absolute atomic E-state index is 0. The molecule has 1 heterocycles. The number of carboxylic acids is 1. The Balaban J connectivity index is 0. The highest BCUT2D eigenvalue weighted by Crippen LogP contribution is 2.09. The van der Waals surface area contributed by atoms with Crippen molar-refractivity contribution in [2.24, 2.45) is 5.73 Å².